The first-order valence-electron chi connectivity index (χ1n) is 6.76. The van der Waals surface area contributed by atoms with Gasteiger partial charge in [0, 0.05) is 11.4 Å². The second-order valence-electron chi connectivity index (χ2n) is 5.12. The van der Waals surface area contributed by atoms with Crippen LogP contribution < -0.4 is 5.32 Å². The van der Waals surface area contributed by atoms with Crippen LogP contribution in [0.5, 0.6) is 0 Å². The second kappa shape index (κ2) is 7.07. The number of halogens is 1. The summed E-state index contributed by atoms with van der Waals surface area (Å²) in [5.41, 5.74) is -0.414. The average Bonchev–Trinajstić information content (AvgIpc) is 2.85. The van der Waals surface area contributed by atoms with Crippen molar-refractivity contribution in [1.82, 2.24) is 5.32 Å². The lowest BCUT2D eigenvalue weighted by Crippen LogP contribution is -2.33. The molecule has 0 saturated heterocycles. The molecule has 5 heteroatoms. The molecule has 0 aliphatic carbocycles. The lowest BCUT2D eigenvalue weighted by atomic mass is 9.92. The molecule has 2 aromatic rings. The van der Waals surface area contributed by atoms with E-state index in [2.05, 4.69) is 5.32 Å². The normalized spacial score (nSPS) is 13.7. The van der Waals surface area contributed by atoms with Crippen LogP contribution >= 0.6 is 22.9 Å². The standard InChI is InChI=1S/C16H18ClNO2S/c1-16(20,12-5-3-2-4-6-12)11-15(19)18-10-9-13-7-8-14(17)21-13/h2-8,20H,9-11H2,1H3,(H,18,19). The molecule has 1 aromatic carbocycles. The molecule has 0 bridgehead atoms. The number of nitrogens with one attached hydrogen (secondary N) is 1. The molecule has 1 unspecified atom stereocenters. The van der Waals surface area contributed by atoms with Crippen LogP contribution in [0.25, 0.3) is 0 Å². The maximum Gasteiger partial charge on any atom is 0.223 e. The second-order valence-corrected chi connectivity index (χ2v) is 6.92. The lowest BCUT2D eigenvalue weighted by molar-refractivity contribution is -0.125. The smallest absolute Gasteiger partial charge is 0.223 e. The molecule has 0 aliphatic rings. The van der Waals surface area contributed by atoms with E-state index < -0.39 is 5.60 Å². The summed E-state index contributed by atoms with van der Waals surface area (Å²) in [7, 11) is 0. The number of carbonyl (C=O) groups is 1. The Labute approximate surface area is 133 Å². The van der Waals surface area contributed by atoms with Crippen molar-refractivity contribution in [2.75, 3.05) is 6.54 Å². The fraction of sp³-hybridized carbons (Fsp3) is 0.312. The van der Waals surface area contributed by atoms with Crippen molar-refractivity contribution in [1.29, 1.82) is 0 Å². The van der Waals surface area contributed by atoms with Gasteiger partial charge in [-0.25, -0.2) is 0 Å². The Morgan fingerprint density at radius 1 is 1.29 bits per heavy atom. The van der Waals surface area contributed by atoms with Crippen LogP contribution in [-0.4, -0.2) is 17.6 Å². The van der Waals surface area contributed by atoms with Gasteiger partial charge in [-0.15, -0.1) is 11.3 Å². The maximum absolute atomic E-state index is 11.9. The van der Waals surface area contributed by atoms with Gasteiger partial charge in [-0.05, 0) is 31.0 Å². The first-order valence-corrected chi connectivity index (χ1v) is 7.96. The zero-order chi connectivity index (χ0) is 15.3. The monoisotopic (exact) mass is 323 g/mol. The van der Waals surface area contributed by atoms with Gasteiger partial charge in [0.1, 0.15) is 0 Å². The van der Waals surface area contributed by atoms with Crippen LogP contribution in [0.4, 0.5) is 0 Å². The summed E-state index contributed by atoms with van der Waals surface area (Å²) in [6.07, 6.45) is 0.790. The summed E-state index contributed by atoms with van der Waals surface area (Å²) in [6.45, 7) is 2.20. The third-order valence-corrected chi connectivity index (χ3v) is 4.51. The molecule has 3 nitrogen and oxygen atoms in total. The highest BCUT2D eigenvalue weighted by Gasteiger charge is 2.26. The van der Waals surface area contributed by atoms with Crippen LogP contribution in [0, 0.1) is 0 Å². The zero-order valence-corrected chi connectivity index (χ0v) is 13.4. The van der Waals surface area contributed by atoms with Gasteiger partial charge < -0.3 is 10.4 Å². The third-order valence-electron chi connectivity index (χ3n) is 3.22. The minimum Gasteiger partial charge on any atom is -0.385 e. The molecule has 21 heavy (non-hydrogen) atoms. The highest BCUT2D eigenvalue weighted by molar-refractivity contribution is 7.16. The molecule has 0 aliphatic heterocycles. The largest absolute Gasteiger partial charge is 0.385 e. The number of hydrogen-bond donors (Lipinski definition) is 2. The van der Waals surface area contributed by atoms with Crippen LogP contribution in [0.3, 0.4) is 0 Å². The van der Waals surface area contributed by atoms with Gasteiger partial charge in [-0.1, -0.05) is 41.9 Å². The Hall–Kier alpha value is -1.36. The molecule has 1 amide bonds. The number of benzene rings is 1. The molecule has 112 valence electrons. The topological polar surface area (TPSA) is 49.3 Å². The highest BCUT2D eigenvalue weighted by Crippen LogP contribution is 2.24. The van der Waals surface area contributed by atoms with Crippen molar-refractivity contribution in [2.45, 2.75) is 25.4 Å². The quantitative estimate of drug-likeness (QED) is 0.856. The Morgan fingerprint density at radius 3 is 2.62 bits per heavy atom. The Kier molecular flexibility index (Phi) is 5.39. The summed E-state index contributed by atoms with van der Waals surface area (Å²) in [6, 6.07) is 13.0. The van der Waals surface area contributed by atoms with Crippen LogP contribution in [0.1, 0.15) is 23.8 Å². The van der Waals surface area contributed by atoms with Gasteiger partial charge in [0.25, 0.3) is 0 Å². The molecular weight excluding hydrogens is 306 g/mol. The van der Waals surface area contributed by atoms with E-state index in [1.807, 2.05) is 42.5 Å². The SMILES string of the molecule is CC(O)(CC(=O)NCCc1ccc(Cl)s1)c1ccccc1. The van der Waals surface area contributed by atoms with Gasteiger partial charge in [0.2, 0.25) is 5.91 Å². The van der Waals surface area contributed by atoms with Gasteiger partial charge in [0.15, 0.2) is 0 Å². The van der Waals surface area contributed by atoms with Gasteiger partial charge in [-0.3, -0.25) is 4.79 Å². The van der Waals surface area contributed by atoms with Gasteiger partial charge in [0.05, 0.1) is 16.4 Å². The van der Waals surface area contributed by atoms with E-state index in [4.69, 9.17) is 11.6 Å². The van der Waals surface area contributed by atoms with Crippen LogP contribution in [-0.2, 0) is 16.8 Å². The van der Waals surface area contributed by atoms with Gasteiger partial charge >= 0.3 is 0 Å². The summed E-state index contributed by atoms with van der Waals surface area (Å²) >= 11 is 7.37. The van der Waals surface area contributed by atoms with Crippen molar-refractivity contribution in [3.8, 4) is 0 Å². The first-order chi connectivity index (χ1) is 9.97. The average molecular weight is 324 g/mol. The minimum absolute atomic E-state index is 0.0439. The van der Waals surface area contributed by atoms with E-state index in [-0.39, 0.29) is 12.3 Å². The molecular formula is C16H18ClNO2S. The van der Waals surface area contributed by atoms with E-state index >= 15 is 0 Å². The number of rotatable bonds is 6. The van der Waals surface area contributed by atoms with E-state index in [1.165, 1.54) is 11.3 Å². The summed E-state index contributed by atoms with van der Waals surface area (Å²) in [5, 5.41) is 13.2. The Bertz CT molecular complexity index is 595. The Morgan fingerprint density at radius 2 is 2.00 bits per heavy atom. The number of amides is 1. The van der Waals surface area contributed by atoms with E-state index in [1.54, 1.807) is 6.92 Å². The molecule has 2 N–H and O–H groups in total. The van der Waals surface area contributed by atoms with Crippen molar-refractivity contribution in [2.24, 2.45) is 0 Å². The highest BCUT2D eigenvalue weighted by atomic mass is 35.5. The van der Waals surface area contributed by atoms with Crippen molar-refractivity contribution in [3.63, 3.8) is 0 Å². The van der Waals surface area contributed by atoms with E-state index in [9.17, 15) is 9.90 Å². The molecule has 1 atom stereocenters. The summed E-state index contributed by atoms with van der Waals surface area (Å²) in [5.74, 6) is -0.161. The minimum atomic E-state index is -1.16. The number of carbonyl (C=O) groups excluding carboxylic acids is 1. The van der Waals surface area contributed by atoms with Crippen LogP contribution in [0.2, 0.25) is 4.34 Å². The summed E-state index contributed by atoms with van der Waals surface area (Å²) < 4.78 is 0.753. The van der Waals surface area contributed by atoms with E-state index in [0.29, 0.717) is 6.54 Å². The first kappa shape index (κ1) is 16.0. The van der Waals surface area contributed by atoms with Crippen molar-refractivity contribution < 1.29 is 9.90 Å². The molecule has 1 aromatic heterocycles. The maximum atomic E-state index is 11.9. The molecule has 0 radical (unpaired) electrons. The van der Waals surface area contributed by atoms with Crippen LogP contribution in [0.15, 0.2) is 42.5 Å². The fourth-order valence-corrected chi connectivity index (χ4v) is 3.17. The fourth-order valence-electron chi connectivity index (χ4n) is 2.09. The summed E-state index contributed by atoms with van der Waals surface area (Å²) in [4.78, 5) is 13.1. The third kappa shape index (κ3) is 4.84. The van der Waals surface area contributed by atoms with Crippen molar-refractivity contribution >= 4 is 28.8 Å². The molecule has 0 fully saturated rings. The predicted molar refractivity (Wildman–Crippen MR) is 86.7 cm³/mol. The molecule has 2 rings (SSSR count). The number of thiophene rings is 1. The van der Waals surface area contributed by atoms with Gasteiger partial charge in [-0.2, -0.15) is 0 Å². The lowest BCUT2D eigenvalue weighted by Gasteiger charge is -2.23. The number of hydrogen-bond acceptors (Lipinski definition) is 3. The molecule has 1 heterocycles. The van der Waals surface area contributed by atoms with Crippen molar-refractivity contribution in [3.05, 3.63) is 57.2 Å². The molecule has 0 spiro atoms. The number of aliphatic hydroxyl groups is 1. The zero-order valence-electron chi connectivity index (χ0n) is 11.8. The van der Waals surface area contributed by atoms with E-state index in [0.717, 1.165) is 21.2 Å². The Balaban J connectivity index is 1.81. The predicted octanol–water partition coefficient (Wildman–Crippen LogP) is 3.36. The molecule has 0 saturated carbocycles.